The molecule has 2 aromatic rings. The minimum absolute atomic E-state index is 0.0143. The molecule has 2 amide bonds. The number of carbonyl (C=O) groups is 2. The lowest BCUT2D eigenvalue weighted by atomic mass is 9.85. The molecular formula is C19H23N3O5S. The fourth-order valence-corrected chi connectivity index (χ4v) is 3.54. The lowest BCUT2D eigenvalue weighted by Crippen LogP contribution is -2.23. The van der Waals surface area contributed by atoms with Gasteiger partial charge in [-0.25, -0.2) is 8.42 Å². The van der Waals surface area contributed by atoms with Crippen molar-refractivity contribution in [1.82, 2.24) is 0 Å². The standard InChI is InChI=1S/C19H23N3O5S/c1-4-28(25,26)22-13-9-15(18(20)23)17(16(10-13)19(21)24)11(2)12-6-5-7-14(8-12)27-3/h5-11,22H,4H2,1-3H3,(H2,20,23)(H2,21,24)/t11-/m1/s1. The Morgan fingerprint density at radius 1 is 1.11 bits per heavy atom. The smallest absolute Gasteiger partial charge is 0.249 e. The van der Waals surface area contributed by atoms with Crippen molar-refractivity contribution in [2.24, 2.45) is 11.5 Å². The summed E-state index contributed by atoms with van der Waals surface area (Å²) >= 11 is 0. The van der Waals surface area contributed by atoms with Gasteiger partial charge in [-0.05, 0) is 42.3 Å². The van der Waals surface area contributed by atoms with Crippen molar-refractivity contribution in [2.75, 3.05) is 17.6 Å². The summed E-state index contributed by atoms with van der Waals surface area (Å²) < 4.78 is 31.3. The maximum atomic E-state index is 12.1. The number of amides is 2. The molecule has 0 radical (unpaired) electrons. The maximum Gasteiger partial charge on any atom is 0.249 e. The highest BCUT2D eigenvalue weighted by Crippen LogP contribution is 2.34. The molecular weight excluding hydrogens is 382 g/mol. The van der Waals surface area contributed by atoms with Gasteiger partial charge in [-0.3, -0.25) is 14.3 Å². The van der Waals surface area contributed by atoms with Crippen LogP contribution in [0.1, 0.15) is 51.6 Å². The molecule has 1 atom stereocenters. The van der Waals surface area contributed by atoms with Gasteiger partial charge in [0.25, 0.3) is 0 Å². The third-order valence-electron chi connectivity index (χ3n) is 4.39. The van der Waals surface area contributed by atoms with E-state index >= 15 is 0 Å². The second-order valence-corrected chi connectivity index (χ2v) is 8.23. The Morgan fingerprint density at radius 2 is 1.68 bits per heavy atom. The van der Waals surface area contributed by atoms with Gasteiger partial charge in [0.2, 0.25) is 21.8 Å². The molecule has 0 aliphatic heterocycles. The summed E-state index contributed by atoms with van der Waals surface area (Å²) in [5.41, 5.74) is 12.2. The second-order valence-electron chi connectivity index (χ2n) is 6.22. The van der Waals surface area contributed by atoms with E-state index in [1.807, 2.05) is 6.07 Å². The number of nitrogens with two attached hydrogens (primary N) is 2. The van der Waals surface area contributed by atoms with Crippen LogP contribution >= 0.6 is 0 Å². The van der Waals surface area contributed by atoms with Crippen molar-refractivity contribution in [3.05, 3.63) is 58.7 Å². The largest absolute Gasteiger partial charge is 0.497 e. The van der Waals surface area contributed by atoms with Crippen molar-refractivity contribution in [3.8, 4) is 5.75 Å². The number of sulfonamides is 1. The van der Waals surface area contributed by atoms with Crippen LogP contribution in [0.3, 0.4) is 0 Å². The average Bonchev–Trinajstić information content (AvgIpc) is 2.66. The first-order valence-electron chi connectivity index (χ1n) is 8.51. The summed E-state index contributed by atoms with van der Waals surface area (Å²) in [6.45, 7) is 3.25. The number of methoxy groups -OCH3 is 1. The molecule has 28 heavy (non-hydrogen) atoms. The van der Waals surface area contributed by atoms with Crippen LogP contribution in [0.25, 0.3) is 0 Å². The predicted molar refractivity (Wildman–Crippen MR) is 107 cm³/mol. The summed E-state index contributed by atoms with van der Waals surface area (Å²) in [4.78, 5) is 24.2. The van der Waals surface area contributed by atoms with E-state index in [1.165, 1.54) is 26.2 Å². The van der Waals surface area contributed by atoms with E-state index in [1.54, 1.807) is 25.1 Å². The first-order valence-corrected chi connectivity index (χ1v) is 10.2. The molecule has 150 valence electrons. The second kappa shape index (κ2) is 8.30. The predicted octanol–water partition coefficient (Wildman–Crippen LogP) is 1.81. The molecule has 0 aliphatic rings. The number of primary amides is 2. The quantitative estimate of drug-likeness (QED) is 0.614. The number of hydrogen-bond donors (Lipinski definition) is 3. The van der Waals surface area contributed by atoms with Gasteiger partial charge in [0.05, 0.1) is 18.6 Å². The minimum Gasteiger partial charge on any atom is -0.497 e. The highest BCUT2D eigenvalue weighted by Gasteiger charge is 2.25. The zero-order valence-corrected chi connectivity index (χ0v) is 16.7. The van der Waals surface area contributed by atoms with E-state index in [4.69, 9.17) is 16.2 Å². The number of anilines is 1. The Kier molecular flexibility index (Phi) is 6.30. The highest BCUT2D eigenvalue weighted by molar-refractivity contribution is 7.92. The van der Waals surface area contributed by atoms with Crippen molar-refractivity contribution in [1.29, 1.82) is 0 Å². The topological polar surface area (TPSA) is 142 Å². The van der Waals surface area contributed by atoms with E-state index in [-0.39, 0.29) is 22.6 Å². The van der Waals surface area contributed by atoms with Crippen LogP contribution in [0.5, 0.6) is 5.75 Å². The zero-order chi connectivity index (χ0) is 21.1. The van der Waals surface area contributed by atoms with E-state index in [9.17, 15) is 18.0 Å². The van der Waals surface area contributed by atoms with Gasteiger partial charge >= 0.3 is 0 Å². The number of hydrogen-bond acceptors (Lipinski definition) is 5. The SMILES string of the molecule is CCS(=O)(=O)Nc1cc(C(N)=O)c([C@H](C)c2cccc(OC)c2)c(C(N)=O)c1. The van der Waals surface area contributed by atoms with Gasteiger partial charge < -0.3 is 16.2 Å². The molecule has 8 nitrogen and oxygen atoms in total. The number of ether oxygens (including phenoxy) is 1. The molecule has 0 saturated carbocycles. The van der Waals surface area contributed by atoms with Gasteiger partial charge in [0, 0.05) is 17.0 Å². The molecule has 0 spiro atoms. The monoisotopic (exact) mass is 405 g/mol. The summed E-state index contributed by atoms with van der Waals surface area (Å²) in [5, 5.41) is 0. The van der Waals surface area contributed by atoms with E-state index < -0.39 is 27.8 Å². The molecule has 0 bridgehead atoms. The van der Waals surface area contributed by atoms with E-state index in [0.29, 0.717) is 11.3 Å². The van der Waals surface area contributed by atoms with Crippen LogP contribution < -0.4 is 20.9 Å². The fourth-order valence-electron chi connectivity index (χ4n) is 2.92. The lowest BCUT2D eigenvalue weighted by molar-refractivity contribution is 0.0999. The van der Waals surface area contributed by atoms with Crippen LogP contribution in [0.2, 0.25) is 0 Å². The van der Waals surface area contributed by atoms with Gasteiger partial charge in [-0.1, -0.05) is 19.1 Å². The molecule has 0 aliphatic carbocycles. The van der Waals surface area contributed by atoms with Crippen LogP contribution in [-0.4, -0.2) is 33.1 Å². The van der Waals surface area contributed by atoms with Crippen LogP contribution in [0.15, 0.2) is 36.4 Å². The Balaban J connectivity index is 2.70. The Bertz CT molecular complexity index is 983. The highest BCUT2D eigenvalue weighted by atomic mass is 32.2. The molecule has 0 saturated heterocycles. The average molecular weight is 405 g/mol. The summed E-state index contributed by atoms with van der Waals surface area (Å²) in [6.07, 6.45) is 0. The summed E-state index contributed by atoms with van der Waals surface area (Å²) in [7, 11) is -2.09. The number of carbonyl (C=O) groups excluding carboxylic acids is 2. The number of rotatable bonds is 8. The molecule has 0 unspecified atom stereocenters. The van der Waals surface area contributed by atoms with Gasteiger partial charge in [-0.15, -0.1) is 0 Å². The number of nitrogens with one attached hydrogen (secondary N) is 1. The van der Waals surface area contributed by atoms with Crippen LogP contribution in [-0.2, 0) is 10.0 Å². The first kappa shape index (κ1) is 21.2. The molecule has 2 aromatic carbocycles. The normalized spacial score (nSPS) is 12.2. The molecule has 0 heterocycles. The number of benzene rings is 2. The maximum absolute atomic E-state index is 12.1. The third-order valence-corrected chi connectivity index (χ3v) is 5.70. The molecule has 5 N–H and O–H groups in total. The van der Waals surface area contributed by atoms with Crippen molar-refractivity contribution in [2.45, 2.75) is 19.8 Å². The summed E-state index contributed by atoms with van der Waals surface area (Å²) in [6, 6.07) is 9.76. The minimum atomic E-state index is -3.62. The molecule has 2 rings (SSSR count). The van der Waals surface area contributed by atoms with Crippen LogP contribution in [0.4, 0.5) is 5.69 Å². The zero-order valence-electron chi connectivity index (χ0n) is 15.9. The van der Waals surface area contributed by atoms with E-state index in [0.717, 1.165) is 5.56 Å². The first-order chi connectivity index (χ1) is 13.1. The Labute approximate surface area is 163 Å². The lowest BCUT2D eigenvalue weighted by Gasteiger charge is -2.21. The van der Waals surface area contributed by atoms with Crippen LogP contribution in [0, 0.1) is 0 Å². The van der Waals surface area contributed by atoms with E-state index in [2.05, 4.69) is 4.72 Å². The van der Waals surface area contributed by atoms with Crippen molar-refractivity contribution < 1.29 is 22.7 Å². The molecule has 0 aromatic heterocycles. The fraction of sp³-hybridized carbons (Fsp3) is 0.263. The van der Waals surface area contributed by atoms with Gasteiger partial charge in [-0.2, -0.15) is 0 Å². The summed E-state index contributed by atoms with van der Waals surface area (Å²) in [5.74, 6) is -1.60. The Hall–Kier alpha value is -3.07. The van der Waals surface area contributed by atoms with Crippen molar-refractivity contribution >= 4 is 27.5 Å². The van der Waals surface area contributed by atoms with Crippen molar-refractivity contribution in [3.63, 3.8) is 0 Å². The Morgan fingerprint density at radius 3 is 2.14 bits per heavy atom. The molecule has 9 heteroatoms. The molecule has 0 fully saturated rings. The van der Waals surface area contributed by atoms with Gasteiger partial charge in [0.1, 0.15) is 5.75 Å². The third kappa shape index (κ3) is 4.61. The van der Waals surface area contributed by atoms with Gasteiger partial charge in [0.15, 0.2) is 0 Å².